The van der Waals surface area contributed by atoms with E-state index in [1.807, 2.05) is 0 Å². The van der Waals surface area contributed by atoms with Crippen molar-refractivity contribution in [3.05, 3.63) is 59.2 Å². The van der Waals surface area contributed by atoms with E-state index in [0.717, 1.165) is 43.9 Å². The average Bonchev–Trinajstić information content (AvgIpc) is 2.72. The van der Waals surface area contributed by atoms with E-state index in [2.05, 4.69) is 53.3 Å². The van der Waals surface area contributed by atoms with E-state index in [-0.39, 0.29) is 6.04 Å². The summed E-state index contributed by atoms with van der Waals surface area (Å²) in [6.07, 6.45) is 10.8. The van der Waals surface area contributed by atoms with Crippen LogP contribution in [0.25, 0.3) is 0 Å². The summed E-state index contributed by atoms with van der Waals surface area (Å²) < 4.78 is 11.1. The van der Waals surface area contributed by atoms with Crippen LogP contribution in [-0.2, 0) is 6.42 Å². The zero-order chi connectivity index (χ0) is 19.1. The first-order valence-electron chi connectivity index (χ1n) is 9.75. The highest BCUT2D eigenvalue weighted by atomic mass is 16.5. The van der Waals surface area contributed by atoms with Crippen molar-refractivity contribution in [2.75, 3.05) is 27.3 Å². The van der Waals surface area contributed by atoms with Gasteiger partial charge in [-0.1, -0.05) is 36.8 Å². The molecule has 1 heterocycles. The van der Waals surface area contributed by atoms with Gasteiger partial charge in [0, 0.05) is 13.0 Å². The summed E-state index contributed by atoms with van der Waals surface area (Å²) in [5.74, 6) is 4.35. The molecule has 0 fully saturated rings. The maximum Gasteiger partial charge on any atom is 0.161 e. The quantitative estimate of drug-likeness (QED) is 0.494. The van der Waals surface area contributed by atoms with Crippen LogP contribution in [0.1, 0.15) is 48.4 Å². The first-order valence-corrected chi connectivity index (χ1v) is 9.75. The van der Waals surface area contributed by atoms with Gasteiger partial charge in [0.25, 0.3) is 0 Å². The molecular formula is C24H29NO2. The van der Waals surface area contributed by atoms with Crippen molar-refractivity contribution in [3.8, 4) is 23.8 Å². The maximum absolute atomic E-state index is 5.58. The average molecular weight is 364 g/mol. The van der Waals surface area contributed by atoms with Gasteiger partial charge in [-0.25, -0.2) is 0 Å². The predicted molar refractivity (Wildman–Crippen MR) is 110 cm³/mol. The summed E-state index contributed by atoms with van der Waals surface area (Å²) in [4.78, 5) is 2.60. The lowest BCUT2D eigenvalue weighted by Crippen LogP contribution is -2.36. The number of nitrogens with zero attached hydrogens (tertiary/aromatic N) is 1. The molecule has 3 heteroatoms. The third kappa shape index (κ3) is 4.46. The van der Waals surface area contributed by atoms with Crippen LogP contribution in [0.2, 0.25) is 0 Å². The molecule has 0 unspecified atom stereocenters. The summed E-state index contributed by atoms with van der Waals surface area (Å²) in [7, 11) is 3.40. The molecule has 2 aromatic rings. The molecular weight excluding hydrogens is 334 g/mol. The van der Waals surface area contributed by atoms with Gasteiger partial charge in [-0.3, -0.25) is 4.90 Å². The van der Waals surface area contributed by atoms with E-state index in [4.69, 9.17) is 15.9 Å². The second kappa shape index (κ2) is 9.48. The lowest BCUT2D eigenvalue weighted by Gasteiger charge is -2.38. The Hall–Kier alpha value is -2.44. The van der Waals surface area contributed by atoms with Crippen LogP contribution in [0.4, 0.5) is 0 Å². The summed E-state index contributed by atoms with van der Waals surface area (Å²) in [5, 5.41) is 0. The van der Waals surface area contributed by atoms with Crippen LogP contribution in [0.15, 0.2) is 42.5 Å². The summed E-state index contributed by atoms with van der Waals surface area (Å²) >= 11 is 0. The fraction of sp³-hybridized carbons (Fsp3) is 0.417. The second-order valence-corrected chi connectivity index (χ2v) is 7.02. The largest absolute Gasteiger partial charge is 0.493 e. The number of methoxy groups -OCH3 is 2. The van der Waals surface area contributed by atoms with Gasteiger partial charge >= 0.3 is 0 Å². The van der Waals surface area contributed by atoms with Crippen molar-refractivity contribution < 1.29 is 9.47 Å². The topological polar surface area (TPSA) is 21.7 Å². The Kier molecular flexibility index (Phi) is 6.79. The van der Waals surface area contributed by atoms with E-state index < -0.39 is 0 Å². The van der Waals surface area contributed by atoms with Crippen LogP contribution in [0, 0.1) is 12.3 Å². The molecule has 1 atom stereocenters. The molecule has 27 heavy (non-hydrogen) atoms. The smallest absolute Gasteiger partial charge is 0.161 e. The minimum Gasteiger partial charge on any atom is -0.493 e. The molecule has 1 aliphatic rings. The summed E-state index contributed by atoms with van der Waals surface area (Å²) in [5.41, 5.74) is 4.01. The molecule has 0 spiro atoms. The van der Waals surface area contributed by atoms with Crippen molar-refractivity contribution in [2.45, 2.75) is 38.1 Å². The van der Waals surface area contributed by atoms with Crippen molar-refractivity contribution in [1.29, 1.82) is 0 Å². The highest BCUT2D eigenvalue weighted by molar-refractivity contribution is 5.51. The highest BCUT2D eigenvalue weighted by Crippen LogP contribution is 2.41. The fourth-order valence-electron chi connectivity index (χ4n) is 3.98. The molecule has 0 amide bonds. The number of benzene rings is 2. The number of rotatable bonds is 8. The lowest BCUT2D eigenvalue weighted by molar-refractivity contribution is 0.208. The van der Waals surface area contributed by atoms with E-state index in [1.54, 1.807) is 14.2 Å². The molecule has 1 aliphatic heterocycles. The van der Waals surface area contributed by atoms with Crippen LogP contribution in [0.5, 0.6) is 11.5 Å². The number of hydrogen-bond acceptors (Lipinski definition) is 3. The SMILES string of the molecule is C#CCCCCCN1CCc2cc(OC)c(OC)cc2[C@H]1c1ccccc1. The summed E-state index contributed by atoms with van der Waals surface area (Å²) in [6, 6.07) is 15.3. The van der Waals surface area contributed by atoms with Crippen LogP contribution >= 0.6 is 0 Å². The number of unbranched alkanes of at least 4 members (excludes halogenated alkanes) is 3. The first kappa shape index (κ1) is 19.3. The predicted octanol–water partition coefficient (Wildman–Crippen LogP) is 4.84. The Morgan fingerprint density at radius 3 is 2.48 bits per heavy atom. The minimum atomic E-state index is 0.252. The number of fused-ring (bicyclic) bond motifs is 1. The Balaban J connectivity index is 1.90. The van der Waals surface area contributed by atoms with Gasteiger partial charge in [0.1, 0.15) is 0 Å². The van der Waals surface area contributed by atoms with Gasteiger partial charge in [-0.15, -0.1) is 12.3 Å². The van der Waals surface area contributed by atoms with E-state index in [9.17, 15) is 0 Å². The normalized spacial score (nSPS) is 16.4. The van der Waals surface area contributed by atoms with Crippen molar-refractivity contribution in [1.82, 2.24) is 4.90 Å². The molecule has 0 aliphatic carbocycles. The van der Waals surface area contributed by atoms with Crippen molar-refractivity contribution in [2.24, 2.45) is 0 Å². The van der Waals surface area contributed by atoms with Crippen LogP contribution in [-0.4, -0.2) is 32.2 Å². The number of hydrogen-bond donors (Lipinski definition) is 0. The Bertz CT molecular complexity index is 779. The third-order valence-electron chi connectivity index (χ3n) is 5.36. The van der Waals surface area contributed by atoms with Gasteiger partial charge < -0.3 is 9.47 Å². The summed E-state index contributed by atoms with van der Waals surface area (Å²) in [6.45, 7) is 2.13. The Morgan fingerprint density at radius 2 is 1.78 bits per heavy atom. The molecule has 3 nitrogen and oxygen atoms in total. The fourth-order valence-corrected chi connectivity index (χ4v) is 3.98. The lowest BCUT2D eigenvalue weighted by atomic mass is 9.87. The molecule has 3 rings (SSSR count). The second-order valence-electron chi connectivity index (χ2n) is 7.02. The van der Waals surface area contributed by atoms with Crippen molar-refractivity contribution in [3.63, 3.8) is 0 Å². The molecule has 0 bridgehead atoms. The van der Waals surface area contributed by atoms with Crippen molar-refractivity contribution >= 4 is 0 Å². The van der Waals surface area contributed by atoms with Crippen LogP contribution in [0.3, 0.4) is 0 Å². The molecule has 0 saturated carbocycles. The molecule has 0 N–H and O–H groups in total. The zero-order valence-corrected chi connectivity index (χ0v) is 16.4. The zero-order valence-electron chi connectivity index (χ0n) is 16.4. The van der Waals surface area contributed by atoms with Gasteiger partial charge in [0.05, 0.1) is 20.3 Å². The Labute approximate surface area is 163 Å². The minimum absolute atomic E-state index is 0.252. The molecule has 0 saturated heterocycles. The monoisotopic (exact) mass is 363 g/mol. The standard InChI is InChI=1S/C24H29NO2/c1-4-5-6-7-11-15-25-16-14-20-17-22(26-2)23(27-3)18-21(20)24(25)19-12-9-8-10-13-19/h1,8-10,12-13,17-18,24H,5-7,11,14-16H2,2-3H3/t24-/m1/s1. The molecule has 0 aromatic heterocycles. The van der Waals surface area contributed by atoms with Gasteiger partial charge in [-0.2, -0.15) is 0 Å². The maximum atomic E-state index is 5.58. The van der Waals surface area contributed by atoms with E-state index in [1.165, 1.54) is 29.5 Å². The van der Waals surface area contributed by atoms with E-state index in [0.29, 0.717) is 0 Å². The van der Waals surface area contributed by atoms with E-state index >= 15 is 0 Å². The number of ether oxygens (including phenoxy) is 2. The van der Waals surface area contributed by atoms with Gasteiger partial charge in [-0.05, 0) is 54.6 Å². The highest BCUT2D eigenvalue weighted by Gasteiger charge is 2.29. The van der Waals surface area contributed by atoms with Crippen LogP contribution < -0.4 is 9.47 Å². The molecule has 142 valence electrons. The Morgan fingerprint density at radius 1 is 1.04 bits per heavy atom. The van der Waals surface area contributed by atoms with Gasteiger partial charge in [0.2, 0.25) is 0 Å². The van der Waals surface area contributed by atoms with Gasteiger partial charge in [0.15, 0.2) is 11.5 Å². The molecule has 2 aromatic carbocycles. The first-order chi connectivity index (χ1) is 13.3. The number of terminal acetylenes is 1. The third-order valence-corrected chi connectivity index (χ3v) is 5.36. The molecule has 0 radical (unpaired) electrons.